The minimum atomic E-state index is -0.212. The van der Waals surface area contributed by atoms with Crippen LogP contribution in [0.25, 0.3) is 0 Å². The molecule has 0 fully saturated rings. The lowest BCUT2D eigenvalue weighted by Gasteiger charge is -2.30. The van der Waals surface area contributed by atoms with E-state index in [4.69, 9.17) is 16.3 Å². The predicted molar refractivity (Wildman–Crippen MR) is 82.8 cm³/mol. The molecule has 1 aromatic carbocycles. The van der Waals surface area contributed by atoms with Gasteiger partial charge in [-0.3, -0.25) is 0 Å². The Morgan fingerprint density at radius 3 is 2.60 bits per heavy atom. The van der Waals surface area contributed by atoms with Crippen molar-refractivity contribution < 1.29 is 9.13 Å². The molecule has 0 bridgehead atoms. The van der Waals surface area contributed by atoms with Crippen molar-refractivity contribution in [2.24, 2.45) is 5.92 Å². The molecule has 2 unspecified atom stereocenters. The first-order chi connectivity index (χ1) is 9.49. The molecular weight excluding hydrogens is 277 g/mol. The highest BCUT2D eigenvalue weighted by molar-refractivity contribution is 6.30. The Balaban J connectivity index is 2.90. The van der Waals surface area contributed by atoms with Gasteiger partial charge in [0, 0.05) is 18.2 Å². The molecule has 0 radical (unpaired) electrons. The minimum absolute atomic E-state index is 0.0416. The van der Waals surface area contributed by atoms with Crippen molar-refractivity contribution in [1.82, 2.24) is 5.32 Å². The van der Waals surface area contributed by atoms with Gasteiger partial charge in [0.05, 0.1) is 6.10 Å². The van der Waals surface area contributed by atoms with Crippen LogP contribution < -0.4 is 5.32 Å². The number of rotatable bonds is 8. The second-order valence-corrected chi connectivity index (χ2v) is 5.88. The Kier molecular flexibility index (Phi) is 7.49. The molecule has 0 aliphatic carbocycles. The maximum absolute atomic E-state index is 13.9. The number of ether oxygens (including phenoxy) is 1. The summed E-state index contributed by atoms with van der Waals surface area (Å²) in [5.41, 5.74) is 0.633. The van der Waals surface area contributed by atoms with Crippen LogP contribution in [0.3, 0.4) is 0 Å². The van der Waals surface area contributed by atoms with Crippen LogP contribution >= 0.6 is 11.6 Å². The van der Waals surface area contributed by atoms with E-state index in [-0.39, 0.29) is 18.0 Å². The Hall–Kier alpha value is -0.640. The van der Waals surface area contributed by atoms with Gasteiger partial charge in [0.25, 0.3) is 0 Å². The van der Waals surface area contributed by atoms with Gasteiger partial charge in [-0.2, -0.15) is 0 Å². The SMILES string of the molecule is CCCNC(Cc1cc(Cl)ccc1F)C(OC)C(C)C. The third-order valence-corrected chi connectivity index (χ3v) is 3.67. The van der Waals surface area contributed by atoms with Gasteiger partial charge in [-0.15, -0.1) is 0 Å². The van der Waals surface area contributed by atoms with Crippen LogP contribution in [-0.2, 0) is 11.2 Å². The van der Waals surface area contributed by atoms with E-state index >= 15 is 0 Å². The first kappa shape index (κ1) is 17.4. The zero-order valence-electron chi connectivity index (χ0n) is 12.7. The average Bonchev–Trinajstić information content (AvgIpc) is 2.40. The largest absolute Gasteiger partial charge is 0.380 e. The maximum Gasteiger partial charge on any atom is 0.126 e. The lowest BCUT2D eigenvalue weighted by molar-refractivity contribution is 0.0330. The van der Waals surface area contributed by atoms with Gasteiger partial charge in [0.15, 0.2) is 0 Å². The van der Waals surface area contributed by atoms with Gasteiger partial charge >= 0.3 is 0 Å². The Bertz CT molecular complexity index is 411. The number of hydrogen-bond donors (Lipinski definition) is 1. The molecule has 0 saturated carbocycles. The van der Waals surface area contributed by atoms with Gasteiger partial charge in [0.1, 0.15) is 5.82 Å². The number of benzene rings is 1. The van der Waals surface area contributed by atoms with Crippen molar-refractivity contribution in [3.05, 3.63) is 34.6 Å². The van der Waals surface area contributed by atoms with Crippen LogP contribution in [0.5, 0.6) is 0 Å². The van der Waals surface area contributed by atoms with Gasteiger partial charge in [-0.05, 0) is 49.1 Å². The van der Waals surface area contributed by atoms with Gasteiger partial charge in [-0.1, -0.05) is 32.4 Å². The normalized spacial score (nSPS) is 14.6. The summed E-state index contributed by atoms with van der Waals surface area (Å²) in [7, 11) is 1.71. The fraction of sp³-hybridized carbons (Fsp3) is 0.625. The first-order valence-corrected chi connectivity index (χ1v) is 7.57. The van der Waals surface area contributed by atoms with E-state index in [1.54, 1.807) is 19.2 Å². The highest BCUT2D eigenvalue weighted by Crippen LogP contribution is 2.20. The van der Waals surface area contributed by atoms with E-state index in [9.17, 15) is 4.39 Å². The minimum Gasteiger partial charge on any atom is -0.380 e. The van der Waals surface area contributed by atoms with Crippen molar-refractivity contribution in [2.45, 2.75) is 45.8 Å². The third-order valence-electron chi connectivity index (χ3n) is 3.43. The number of hydrogen-bond acceptors (Lipinski definition) is 2. The molecule has 1 N–H and O–H groups in total. The van der Waals surface area contributed by atoms with Crippen LogP contribution in [0.1, 0.15) is 32.8 Å². The third kappa shape index (κ3) is 5.04. The molecule has 114 valence electrons. The molecule has 1 aromatic rings. The smallest absolute Gasteiger partial charge is 0.126 e. The van der Waals surface area contributed by atoms with Crippen LogP contribution in [0.4, 0.5) is 4.39 Å². The van der Waals surface area contributed by atoms with Crippen molar-refractivity contribution in [1.29, 1.82) is 0 Å². The van der Waals surface area contributed by atoms with E-state index in [0.29, 0.717) is 22.9 Å². The summed E-state index contributed by atoms with van der Waals surface area (Å²) < 4.78 is 19.5. The lowest BCUT2D eigenvalue weighted by Crippen LogP contribution is -2.45. The average molecular weight is 302 g/mol. The zero-order chi connectivity index (χ0) is 15.1. The first-order valence-electron chi connectivity index (χ1n) is 7.19. The molecule has 0 aliphatic heterocycles. The van der Waals surface area contributed by atoms with Crippen molar-refractivity contribution in [2.75, 3.05) is 13.7 Å². The number of halogens is 2. The molecule has 0 saturated heterocycles. The second-order valence-electron chi connectivity index (χ2n) is 5.44. The summed E-state index contributed by atoms with van der Waals surface area (Å²) in [5.74, 6) is 0.146. The molecule has 4 heteroatoms. The molecule has 2 atom stereocenters. The Morgan fingerprint density at radius 2 is 2.05 bits per heavy atom. The van der Waals surface area contributed by atoms with E-state index in [2.05, 4.69) is 26.1 Å². The molecule has 0 spiro atoms. The van der Waals surface area contributed by atoms with Crippen molar-refractivity contribution in [3.8, 4) is 0 Å². The van der Waals surface area contributed by atoms with Crippen LogP contribution in [0.15, 0.2) is 18.2 Å². The highest BCUT2D eigenvalue weighted by Gasteiger charge is 2.25. The molecule has 0 heterocycles. The van der Waals surface area contributed by atoms with E-state index in [1.165, 1.54) is 6.07 Å². The molecule has 0 aliphatic rings. The molecule has 0 amide bonds. The number of methoxy groups -OCH3 is 1. The molecule has 0 aromatic heterocycles. The van der Waals surface area contributed by atoms with Gasteiger partial charge in [0.2, 0.25) is 0 Å². The summed E-state index contributed by atoms with van der Waals surface area (Å²) >= 11 is 5.96. The standard InChI is InChI=1S/C16H25ClFNO/c1-5-8-19-15(16(20-4)11(2)3)10-12-9-13(17)6-7-14(12)18/h6-7,9,11,15-16,19H,5,8,10H2,1-4H3. The van der Waals surface area contributed by atoms with E-state index in [1.807, 2.05) is 0 Å². The zero-order valence-corrected chi connectivity index (χ0v) is 13.5. The van der Waals surface area contributed by atoms with Crippen LogP contribution in [0.2, 0.25) is 5.02 Å². The quantitative estimate of drug-likeness (QED) is 0.782. The Labute approximate surface area is 126 Å². The maximum atomic E-state index is 13.9. The summed E-state index contributed by atoms with van der Waals surface area (Å²) in [6, 6.07) is 4.77. The molecule has 20 heavy (non-hydrogen) atoms. The van der Waals surface area contributed by atoms with Crippen LogP contribution in [0, 0.1) is 11.7 Å². The fourth-order valence-electron chi connectivity index (χ4n) is 2.47. The van der Waals surface area contributed by atoms with E-state index < -0.39 is 0 Å². The summed E-state index contributed by atoms with van der Waals surface area (Å²) in [6.07, 6.45) is 1.64. The van der Waals surface area contributed by atoms with Crippen molar-refractivity contribution >= 4 is 11.6 Å². The topological polar surface area (TPSA) is 21.3 Å². The monoisotopic (exact) mass is 301 g/mol. The summed E-state index contributed by atoms with van der Waals surface area (Å²) in [5, 5.41) is 4.03. The highest BCUT2D eigenvalue weighted by atomic mass is 35.5. The van der Waals surface area contributed by atoms with Gasteiger partial charge < -0.3 is 10.1 Å². The fourth-order valence-corrected chi connectivity index (χ4v) is 2.67. The Morgan fingerprint density at radius 1 is 1.35 bits per heavy atom. The second kappa shape index (κ2) is 8.60. The number of nitrogens with one attached hydrogen (secondary N) is 1. The summed E-state index contributed by atoms with van der Waals surface area (Å²) in [6.45, 7) is 7.23. The summed E-state index contributed by atoms with van der Waals surface area (Å²) in [4.78, 5) is 0. The van der Waals surface area contributed by atoms with Crippen LogP contribution in [-0.4, -0.2) is 25.8 Å². The lowest BCUT2D eigenvalue weighted by atomic mass is 9.93. The van der Waals surface area contributed by atoms with Crippen molar-refractivity contribution in [3.63, 3.8) is 0 Å². The van der Waals surface area contributed by atoms with Gasteiger partial charge in [-0.25, -0.2) is 4.39 Å². The van der Waals surface area contributed by atoms with E-state index in [0.717, 1.165) is 13.0 Å². The molecule has 1 rings (SSSR count). The predicted octanol–water partition coefficient (Wildman–Crippen LogP) is 4.06. The molecule has 2 nitrogen and oxygen atoms in total. The molecular formula is C16H25ClFNO.